The summed E-state index contributed by atoms with van der Waals surface area (Å²) in [6, 6.07) is 0.139. The van der Waals surface area contributed by atoms with E-state index in [1.165, 1.54) is 19.3 Å². The van der Waals surface area contributed by atoms with Crippen LogP contribution in [0.3, 0.4) is 0 Å². The standard InChI is InChI=1S/C14H26N2O2/c1-9(2)12(8-18-3)16-14(17)13-11-6-4-5-10(11)7-15-13/h9-13,15H,4-8H2,1-3H3,(H,16,17). The number of nitrogens with one attached hydrogen (secondary N) is 2. The number of amides is 1. The van der Waals surface area contributed by atoms with Gasteiger partial charge in [0, 0.05) is 7.11 Å². The summed E-state index contributed by atoms with van der Waals surface area (Å²) in [5.41, 5.74) is 0. The van der Waals surface area contributed by atoms with E-state index in [0.29, 0.717) is 18.4 Å². The van der Waals surface area contributed by atoms with Crippen LogP contribution >= 0.6 is 0 Å². The molecule has 18 heavy (non-hydrogen) atoms. The first-order valence-electron chi connectivity index (χ1n) is 7.16. The van der Waals surface area contributed by atoms with E-state index in [1.807, 2.05) is 0 Å². The topological polar surface area (TPSA) is 50.4 Å². The Hall–Kier alpha value is -0.610. The van der Waals surface area contributed by atoms with E-state index in [4.69, 9.17) is 4.74 Å². The molecule has 4 unspecified atom stereocenters. The first-order chi connectivity index (χ1) is 8.63. The molecule has 4 nitrogen and oxygen atoms in total. The molecule has 2 N–H and O–H groups in total. The van der Waals surface area contributed by atoms with E-state index >= 15 is 0 Å². The average molecular weight is 254 g/mol. The Bertz CT molecular complexity index is 294. The minimum Gasteiger partial charge on any atom is -0.383 e. The quantitative estimate of drug-likeness (QED) is 0.774. The third-order valence-electron chi connectivity index (χ3n) is 4.51. The number of carbonyl (C=O) groups excluding carboxylic acids is 1. The monoisotopic (exact) mass is 254 g/mol. The van der Waals surface area contributed by atoms with Gasteiger partial charge in [0.2, 0.25) is 5.91 Å². The zero-order valence-electron chi connectivity index (χ0n) is 11.7. The van der Waals surface area contributed by atoms with Crippen LogP contribution < -0.4 is 10.6 Å². The zero-order valence-corrected chi connectivity index (χ0v) is 11.7. The molecule has 0 bridgehead atoms. The van der Waals surface area contributed by atoms with Crippen molar-refractivity contribution in [3.8, 4) is 0 Å². The van der Waals surface area contributed by atoms with Crippen LogP contribution in [-0.2, 0) is 9.53 Å². The second-order valence-electron chi connectivity index (χ2n) is 6.06. The third-order valence-corrected chi connectivity index (χ3v) is 4.51. The molecule has 1 aliphatic heterocycles. The van der Waals surface area contributed by atoms with Crippen molar-refractivity contribution in [1.29, 1.82) is 0 Å². The second kappa shape index (κ2) is 6.02. The van der Waals surface area contributed by atoms with Gasteiger partial charge in [0.25, 0.3) is 0 Å². The molecule has 4 atom stereocenters. The number of carbonyl (C=O) groups is 1. The van der Waals surface area contributed by atoms with Crippen LogP contribution in [0.5, 0.6) is 0 Å². The fraction of sp³-hybridized carbons (Fsp3) is 0.929. The Balaban J connectivity index is 1.90. The van der Waals surface area contributed by atoms with E-state index in [-0.39, 0.29) is 18.0 Å². The maximum absolute atomic E-state index is 12.3. The van der Waals surface area contributed by atoms with Crippen molar-refractivity contribution >= 4 is 5.91 Å². The molecular formula is C14H26N2O2. The summed E-state index contributed by atoms with van der Waals surface area (Å²) in [5.74, 6) is 1.84. The number of hydrogen-bond acceptors (Lipinski definition) is 3. The molecule has 2 fully saturated rings. The van der Waals surface area contributed by atoms with Crippen LogP contribution in [0.2, 0.25) is 0 Å². The lowest BCUT2D eigenvalue weighted by molar-refractivity contribution is -0.125. The van der Waals surface area contributed by atoms with Gasteiger partial charge in [-0.25, -0.2) is 0 Å². The smallest absolute Gasteiger partial charge is 0.237 e. The highest BCUT2D eigenvalue weighted by Gasteiger charge is 2.42. The largest absolute Gasteiger partial charge is 0.383 e. The number of fused-ring (bicyclic) bond motifs is 1. The minimum atomic E-state index is 0.0237. The molecule has 1 amide bonds. The zero-order chi connectivity index (χ0) is 13.1. The van der Waals surface area contributed by atoms with Gasteiger partial charge in [0.1, 0.15) is 0 Å². The van der Waals surface area contributed by atoms with Gasteiger partial charge in [-0.1, -0.05) is 20.3 Å². The molecule has 1 aliphatic carbocycles. The fourth-order valence-electron chi connectivity index (χ4n) is 3.33. The SMILES string of the molecule is COCC(NC(=O)C1NCC2CCCC21)C(C)C. The van der Waals surface area contributed by atoms with E-state index in [0.717, 1.165) is 12.5 Å². The van der Waals surface area contributed by atoms with Crippen molar-refractivity contribution in [3.63, 3.8) is 0 Å². The van der Waals surface area contributed by atoms with Crippen molar-refractivity contribution < 1.29 is 9.53 Å². The second-order valence-corrected chi connectivity index (χ2v) is 6.06. The van der Waals surface area contributed by atoms with Crippen molar-refractivity contribution in [2.45, 2.75) is 45.2 Å². The molecule has 1 saturated carbocycles. The number of hydrogen-bond donors (Lipinski definition) is 2. The summed E-state index contributed by atoms with van der Waals surface area (Å²) < 4.78 is 5.18. The molecule has 2 aliphatic rings. The van der Waals surface area contributed by atoms with Crippen LogP contribution in [0.25, 0.3) is 0 Å². The summed E-state index contributed by atoms with van der Waals surface area (Å²) in [4.78, 5) is 12.3. The Kier molecular flexibility index (Phi) is 4.62. The molecule has 0 radical (unpaired) electrons. The number of ether oxygens (including phenoxy) is 1. The highest BCUT2D eigenvalue weighted by atomic mass is 16.5. The molecule has 0 aromatic heterocycles. The van der Waals surface area contributed by atoms with E-state index in [1.54, 1.807) is 7.11 Å². The number of methoxy groups -OCH3 is 1. The van der Waals surface area contributed by atoms with Gasteiger partial charge >= 0.3 is 0 Å². The van der Waals surface area contributed by atoms with Crippen molar-refractivity contribution in [2.24, 2.45) is 17.8 Å². The van der Waals surface area contributed by atoms with Crippen molar-refractivity contribution in [1.82, 2.24) is 10.6 Å². The molecule has 104 valence electrons. The predicted octanol–water partition coefficient (Wildman–Crippen LogP) is 1.16. The van der Waals surface area contributed by atoms with E-state index in [9.17, 15) is 4.79 Å². The lowest BCUT2D eigenvalue weighted by Gasteiger charge is -2.25. The van der Waals surface area contributed by atoms with Gasteiger partial charge in [-0.15, -0.1) is 0 Å². The minimum absolute atomic E-state index is 0.0237. The average Bonchev–Trinajstić information content (AvgIpc) is 2.89. The predicted molar refractivity (Wildman–Crippen MR) is 71.3 cm³/mol. The summed E-state index contributed by atoms with van der Waals surface area (Å²) in [5, 5.41) is 6.54. The van der Waals surface area contributed by atoms with Gasteiger partial charge in [-0.3, -0.25) is 4.79 Å². The first-order valence-corrected chi connectivity index (χ1v) is 7.16. The highest BCUT2D eigenvalue weighted by molar-refractivity contribution is 5.83. The molecule has 0 aromatic carbocycles. The molecule has 4 heteroatoms. The Morgan fingerprint density at radius 3 is 2.89 bits per heavy atom. The first kappa shape index (κ1) is 13.8. The van der Waals surface area contributed by atoms with E-state index < -0.39 is 0 Å². The molecule has 1 heterocycles. The summed E-state index contributed by atoms with van der Waals surface area (Å²) in [7, 11) is 1.68. The van der Waals surface area contributed by atoms with Crippen LogP contribution in [-0.4, -0.2) is 38.3 Å². The molecule has 0 spiro atoms. The lowest BCUT2D eigenvalue weighted by Crippen LogP contribution is -2.50. The maximum Gasteiger partial charge on any atom is 0.237 e. The van der Waals surface area contributed by atoms with Gasteiger partial charge in [-0.05, 0) is 37.1 Å². The molecule has 1 saturated heterocycles. The van der Waals surface area contributed by atoms with Gasteiger partial charge in [0.05, 0.1) is 18.7 Å². The number of rotatable bonds is 5. The maximum atomic E-state index is 12.3. The van der Waals surface area contributed by atoms with Crippen molar-refractivity contribution in [3.05, 3.63) is 0 Å². The van der Waals surface area contributed by atoms with Crippen LogP contribution in [0.15, 0.2) is 0 Å². The Labute approximate surface area is 110 Å². The van der Waals surface area contributed by atoms with Crippen LogP contribution in [0.1, 0.15) is 33.1 Å². The fourth-order valence-corrected chi connectivity index (χ4v) is 3.33. The third kappa shape index (κ3) is 2.86. The van der Waals surface area contributed by atoms with Crippen molar-refractivity contribution in [2.75, 3.05) is 20.3 Å². The highest BCUT2D eigenvalue weighted by Crippen LogP contribution is 2.37. The van der Waals surface area contributed by atoms with Gasteiger partial charge < -0.3 is 15.4 Å². The molecule has 2 rings (SSSR count). The summed E-state index contributed by atoms with van der Waals surface area (Å²) >= 11 is 0. The normalized spacial score (nSPS) is 32.6. The lowest BCUT2D eigenvalue weighted by atomic mass is 9.93. The summed E-state index contributed by atoms with van der Waals surface area (Å²) in [6.07, 6.45) is 3.77. The van der Waals surface area contributed by atoms with Crippen LogP contribution in [0, 0.1) is 17.8 Å². The van der Waals surface area contributed by atoms with Gasteiger partial charge in [0.15, 0.2) is 0 Å². The molecular weight excluding hydrogens is 228 g/mol. The molecule has 0 aromatic rings. The van der Waals surface area contributed by atoms with E-state index in [2.05, 4.69) is 24.5 Å². The summed E-state index contributed by atoms with van der Waals surface area (Å²) in [6.45, 7) is 5.83. The Morgan fingerprint density at radius 2 is 2.22 bits per heavy atom. The van der Waals surface area contributed by atoms with Crippen LogP contribution in [0.4, 0.5) is 0 Å². The Morgan fingerprint density at radius 1 is 1.44 bits per heavy atom. The van der Waals surface area contributed by atoms with Gasteiger partial charge in [-0.2, -0.15) is 0 Å².